The lowest BCUT2D eigenvalue weighted by atomic mass is 9.89. The second-order valence-electron chi connectivity index (χ2n) is 6.46. The number of halogens is 1. The molecule has 0 N–H and O–H groups in total. The zero-order valence-electron chi connectivity index (χ0n) is 14.4. The molecule has 1 aromatic carbocycles. The van der Waals surface area contributed by atoms with Gasteiger partial charge in [-0.25, -0.2) is 14.1 Å². The number of nitrogens with zero attached hydrogens (tertiary/aromatic N) is 4. The summed E-state index contributed by atoms with van der Waals surface area (Å²) < 4.78 is 19.9. The van der Waals surface area contributed by atoms with Gasteiger partial charge in [-0.2, -0.15) is 5.10 Å². The Morgan fingerprint density at radius 2 is 2.12 bits per heavy atom. The van der Waals surface area contributed by atoms with Gasteiger partial charge in [0.15, 0.2) is 0 Å². The molecular formula is C18H25FN4O. The molecule has 0 unspecified atom stereocenters. The highest BCUT2D eigenvalue weighted by Crippen LogP contribution is 2.38. The molecule has 0 amide bonds. The van der Waals surface area contributed by atoms with Crippen molar-refractivity contribution in [2.75, 3.05) is 20.3 Å². The Kier molecular flexibility index (Phi) is 5.45. The molecule has 0 saturated carbocycles. The number of aryl methyl sites for hydroxylation is 1. The molecule has 1 aliphatic rings. The maximum absolute atomic E-state index is 12.7. The molecule has 1 aromatic heterocycles. The molecule has 0 bridgehead atoms. The van der Waals surface area contributed by atoms with Gasteiger partial charge in [0.25, 0.3) is 0 Å². The van der Waals surface area contributed by atoms with Gasteiger partial charge < -0.3 is 4.74 Å². The van der Waals surface area contributed by atoms with Crippen LogP contribution < -0.4 is 4.74 Å². The highest BCUT2D eigenvalue weighted by Gasteiger charge is 2.30. The van der Waals surface area contributed by atoms with Gasteiger partial charge in [0.2, 0.25) is 0 Å². The smallest absolute Gasteiger partial charge is 0.141 e. The highest BCUT2D eigenvalue weighted by atomic mass is 19.1. The Hall–Kier alpha value is -1.95. The van der Waals surface area contributed by atoms with Gasteiger partial charge in [0, 0.05) is 18.2 Å². The van der Waals surface area contributed by atoms with Crippen LogP contribution in [0.2, 0.25) is 0 Å². The van der Waals surface area contributed by atoms with Crippen molar-refractivity contribution in [3.63, 3.8) is 0 Å². The first-order chi connectivity index (χ1) is 11.7. The molecule has 2 heterocycles. The predicted octanol–water partition coefficient (Wildman–Crippen LogP) is 3.23. The summed E-state index contributed by atoms with van der Waals surface area (Å²) in [4.78, 5) is 6.76. The molecule has 0 spiro atoms. The van der Waals surface area contributed by atoms with Gasteiger partial charge in [-0.15, -0.1) is 0 Å². The van der Waals surface area contributed by atoms with Crippen molar-refractivity contribution in [3.05, 3.63) is 42.0 Å². The van der Waals surface area contributed by atoms with Crippen LogP contribution in [0.25, 0.3) is 0 Å². The number of hydrogen-bond acceptors (Lipinski definition) is 4. The van der Waals surface area contributed by atoms with E-state index in [1.807, 2.05) is 12.1 Å². The zero-order valence-corrected chi connectivity index (χ0v) is 14.4. The summed E-state index contributed by atoms with van der Waals surface area (Å²) in [5.41, 5.74) is 1.21. The molecule has 0 radical (unpaired) electrons. The minimum absolute atomic E-state index is 0.262. The number of benzene rings is 1. The Morgan fingerprint density at radius 1 is 1.29 bits per heavy atom. The van der Waals surface area contributed by atoms with E-state index in [9.17, 15) is 4.39 Å². The largest absolute Gasteiger partial charge is 0.496 e. The maximum atomic E-state index is 12.7. The molecule has 2 atom stereocenters. The summed E-state index contributed by atoms with van der Waals surface area (Å²) in [5.74, 6) is 2.38. The van der Waals surface area contributed by atoms with Crippen molar-refractivity contribution in [3.8, 4) is 5.75 Å². The first-order valence-corrected chi connectivity index (χ1v) is 8.52. The summed E-state index contributed by atoms with van der Waals surface area (Å²) in [5, 5.41) is 4.14. The number of hydrogen-bond donors (Lipinski definition) is 0. The second kappa shape index (κ2) is 7.75. The highest BCUT2D eigenvalue weighted by molar-refractivity contribution is 5.36. The molecule has 6 heteroatoms. The third kappa shape index (κ3) is 3.59. The van der Waals surface area contributed by atoms with Crippen molar-refractivity contribution < 1.29 is 9.13 Å². The number of rotatable bonds is 6. The third-order valence-corrected chi connectivity index (χ3v) is 4.75. The molecule has 0 aliphatic carbocycles. The molecule has 2 aromatic rings. The van der Waals surface area contributed by atoms with Crippen LogP contribution in [-0.2, 0) is 13.1 Å². The fraction of sp³-hybridized carbons (Fsp3) is 0.556. The lowest BCUT2D eigenvalue weighted by molar-refractivity contribution is 0.0993. The van der Waals surface area contributed by atoms with E-state index in [2.05, 4.69) is 34.0 Å². The normalized spacial score (nSPS) is 21.8. The number of aromatic nitrogens is 3. The predicted molar refractivity (Wildman–Crippen MR) is 90.5 cm³/mol. The Morgan fingerprint density at radius 3 is 2.92 bits per heavy atom. The summed E-state index contributed by atoms with van der Waals surface area (Å²) >= 11 is 0. The zero-order chi connectivity index (χ0) is 16.9. The summed E-state index contributed by atoms with van der Waals surface area (Å²) in [6, 6.07) is 8.49. The summed E-state index contributed by atoms with van der Waals surface area (Å²) in [6.45, 7) is 3.77. The van der Waals surface area contributed by atoms with Crippen LogP contribution in [0.1, 0.15) is 37.2 Å². The summed E-state index contributed by atoms with van der Waals surface area (Å²) in [6.07, 6.45) is 3.78. The van der Waals surface area contributed by atoms with Gasteiger partial charge in [-0.1, -0.05) is 25.1 Å². The fourth-order valence-corrected chi connectivity index (χ4v) is 3.57. The van der Waals surface area contributed by atoms with E-state index < -0.39 is 6.67 Å². The van der Waals surface area contributed by atoms with Crippen molar-refractivity contribution in [1.82, 2.24) is 19.7 Å². The number of ether oxygens (including phenoxy) is 1. The van der Waals surface area contributed by atoms with Crippen LogP contribution in [-0.4, -0.2) is 40.0 Å². The second-order valence-corrected chi connectivity index (χ2v) is 6.46. The van der Waals surface area contributed by atoms with Crippen LogP contribution in [0.3, 0.4) is 0 Å². The number of likely N-dealkylation sites (tertiary alicyclic amines) is 1. The fourth-order valence-electron chi connectivity index (χ4n) is 3.57. The van der Waals surface area contributed by atoms with E-state index in [4.69, 9.17) is 4.74 Å². The van der Waals surface area contributed by atoms with E-state index in [-0.39, 0.29) is 12.6 Å². The SMILES string of the molecule is COc1ccccc1[C@H]1CC[C@H](C)CN1Cc1ncnn1CCF. The Labute approximate surface area is 142 Å². The Bertz CT molecular complexity index is 660. The van der Waals surface area contributed by atoms with Crippen LogP contribution in [0.15, 0.2) is 30.6 Å². The molecule has 1 aliphatic heterocycles. The number of alkyl halides is 1. The quantitative estimate of drug-likeness (QED) is 0.814. The lowest BCUT2D eigenvalue weighted by Gasteiger charge is -2.39. The van der Waals surface area contributed by atoms with E-state index in [1.165, 1.54) is 18.3 Å². The van der Waals surface area contributed by atoms with E-state index in [0.717, 1.165) is 24.5 Å². The monoisotopic (exact) mass is 332 g/mol. The first kappa shape index (κ1) is 16.9. The van der Waals surface area contributed by atoms with Gasteiger partial charge in [0.05, 0.1) is 20.2 Å². The molecule has 5 nitrogen and oxygen atoms in total. The lowest BCUT2D eigenvalue weighted by Crippen LogP contribution is -2.37. The number of piperidine rings is 1. The Balaban J connectivity index is 1.85. The average Bonchev–Trinajstić information content (AvgIpc) is 3.02. The van der Waals surface area contributed by atoms with Gasteiger partial charge in [-0.05, 0) is 24.8 Å². The van der Waals surface area contributed by atoms with Crippen molar-refractivity contribution >= 4 is 0 Å². The van der Waals surface area contributed by atoms with E-state index in [0.29, 0.717) is 12.5 Å². The van der Waals surface area contributed by atoms with Gasteiger partial charge in [0.1, 0.15) is 24.6 Å². The topological polar surface area (TPSA) is 43.2 Å². The van der Waals surface area contributed by atoms with Crippen molar-refractivity contribution in [2.24, 2.45) is 5.92 Å². The molecule has 1 saturated heterocycles. The molecule has 130 valence electrons. The van der Waals surface area contributed by atoms with Crippen molar-refractivity contribution in [1.29, 1.82) is 0 Å². The van der Waals surface area contributed by atoms with Crippen LogP contribution in [0.4, 0.5) is 4.39 Å². The molecule has 3 rings (SSSR count). The molecule has 24 heavy (non-hydrogen) atoms. The van der Waals surface area contributed by atoms with Crippen LogP contribution in [0, 0.1) is 5.92 Å². The first-order valence-electron chi connectivity index (χ1n) is 8.52. The average molecular weight is 332 g/mol. The van der Waals surface area contributed by atoms with Gasteiger partial charge in [-0.3, -0.25) is 4.90 Å². The summed E-state index contributed by atoms with van der Waals surface area (Å²) in [7, 11) is 1.71. The third-order valence-electron chi connectivity index (χ3n) is 4.75. The minimum Gasteiger partial charge on any atom is -0.496 e. The van der Waals surface area contributed by atoms with E-state index in [1.54, 1.807) is 11.8 Å². The van der Waals surface area contributed by atoms with Crippen LogP contribution in [0.5, 0.6) is 5.75 Å². The standard InChI is InChI=1S/C18H25FN4O/c1-14-7-8-16(15-5-3-4-6-17(15)24-2)22(11-14)12-18-20-13-21-23(18)10-9-19/h3-6,13-14,16H,7-12H2,1-2H3/t14-,16+/m0/s1. The number of para-hydroxylation sites is 1. The van der Waals surface area contributed by atoms with Gasteiger partial charge >= 0.3 is 0 Å². The minimum atomic E-state index is -0.428. The van der Waals surface area contributed by atoms with Crippen LogP contribution >= 0.6 is 0 Å². The maximum Gasteiger partial charge on any atom is 0.141 e. The molecule has 1 fully saturated rings. The van der Waals surface area contributed by atoms with E-state index >= 15 is 0 Å². The number of methoxy groups -OCH3 is 1. The molecular weight excluding hydrogens is 307 g/mol. The van der Waals surface area contributed by atoms with Crippen molar-refractivity contribution in [2.45, 2.75) is 38.9 Å².